The van der Waals surface area contributed by atoms with E-state index in [1.807, 2.05) is 0 Å². The minimum atomic E-state index is -0.721. The van der Waals surface area contributed by atoms with Gasteiger partial charge in [-0.2, -0.15) is 0 Å². The molecule has 1 aromatic rings. The van der Waals surface area contributed by atoms with Gasteiger partial charge in [-0.3, -0.25) is 10.1 Å². The molecule has 0 saturated carbocycles. The standard InChI is InChI=1S/C12H18N2O4/c1-9-7-10(3-4-11(9)14(17)18)12(16)8-13(2)5-6-15/h3-4,7,12,15-16H,5-6,8H2,1-2H3. The van der Waals surface area contributed by atoms with Gasteiger partial charge in [-0.25, -0.2) is 0 Å². The predicted molar refractivity (Wildman–Crippen MR) is 67.4 cm³/mol. The smallest absolute Gasteiger partial charge is 0.272 e. The summed E-state index contributed by atoms with van der Waals surface area (Å²) in [5, 5.41) is 29.4. The second kappa shape index (κ2) is 6.44. The number of nitro groups is 1. The molecule has 0 amide bonds. The molecule has 0 aliphatic heterocycles. The maximum absolute atomic E-state index is 10.7. The van der Waals surface area contributed by atoms with Gasteiger partial charge in [0.25, 0.3) is 5.69 Å². The van der Waals surface area contributed by atoms with E-state index in [1.54, 1.807) is 31.0 Å². The number of aliphatic hydroxyl groups excluding tert-OH is 2. The highest BCUT2D eigenvalue weighted by Gasteiger charge is 2.15. The minimum absolute atomic E-state index is 0.0303. The van der Waals surface area contributed by atoms with Gasteiger partial charge in [-0.1, -0.05) is 0 Å². The van der Waals surface area contributed by atoms with E-state index in [1.165, 1.54) is 6.07 Å². The van der Waals surface area contributed by atoms with Crippen LogP contribution in [0.1, 0.15) is 17.2 Å². The molecule has 18 heavy (non-hydrogen) atoms. The van der Waals surface area contributed by atoms with Crippen LogP contribution >= 0.6 is 0 Å². The largest absolute Gasteiger partial charge is 0.395 e. The molecule has 1 atom stereocenters. The molecular formula is C12H18N2O4. The first-order valence-electron chi connectivity index (χ1n) is 5.68. The summed E-state index contributed by atoms with van der Waals surface area (Å²) in [4.78, 5) is 12.0. The van der Waals surface area contributed by atoms with Gasteiger partial charge in [0.15, 0.2) is 0 Å². The van der Waals surface area contributed by atoms with Crippen LogP contribution in [-0.2, 0) is 0 Å². The third kappa shape index (κ3) is 3.76. The quantitative estimate of drug-likeness (QED) is 0.581. The van der Waals surface area contributed by atoms with Gasteiger partial charge >= 0.3 is 0 Å². The molecule has 0 bridgehead atoms. The van der Waals surface area contributed by atoms with Crippen LogP contribution in [-0.4, -0.2) is 46.8 Å². The molecule has 0 fully saturated rings. The van der Waals surface area contributed by atoms with E-state index < -0.39 is 11.0 Å². The minimum Gasteiger partial charge on any atom is -0.395 e. The lowest BCUT2D eigenvalue weighted by atomic mass is 10.0. The number of rotatable bonds is 6. The highest BCUT2D eigenvalue weighted by molar-refractivity contribution is 5.42. The normalized spacial score (nSPS) is 12.7. The first-order chi connectivity index (χ1) is 8.45. The van der Waals surface area contributed by atoms with Crippen molar-refractivity contribution >= 4 is 5.69 Å². The lowest BCUT2D eigenvalue weighted by Gasteiger charge is -2.19. The van der Waals surface area contributed by atoms with Crippen molar-refractivity contribution in [1.82, 2.24) is 4.90 Å². The fraction of sp³-hybridized carbons (Fsp3) is 0.500. The second-order valence-corrected chi connectivity index (χ2v) is 4.30. The van der Waals surface area contributed by atoms with Gasteiger partial charge in [0.05, 0.1) is 17.6 Å². The first-order valence-corrected chi connectivity index (χ1v) is 5.68. The zero-order valence-corrected chi connectivity index (χ0v) is 10.5. The molecule has 6 heteroatoms. The average Bonchev–Trinajstić information content (AvgIpc) is 2.28. The average molecular weight is 254 g/mol. The Morgan fingerprint density at radius 3 is 2.67 bits per heavy atom. The summed E-state index contributed by atoms with van der Waals surface area (Å²) in [7, 11) is 1.79. The topological polar surface area (TPSA) is 86.8 Å². The highest BCUT2D eigenvalue weighted by Crippen LogP contribution is 2.22. The molecule has 0 aliphatic carbocycles. The number of aliphatic hydroxyl groups is 2. The second-order valence-electron chi connectivity index (χ2n) is 4.30. The van der Waals surface area contributed by atoms with Crippen LogP contribution in [0.4, 0.5) is 5.69 Å². The van der Waals surface area contributed by atoms with Crippen LogP contribution < -0.4 is 0 Å². The molecule has 2 N–H and O–H groups in total. The molecule has 1 aromatic carbocycles. The van der Waals surface area contributed by atoms with E-state index in [0.717, 1.165) is 0 Å². The van der Waals surface area contributed by atoms with E-state index in [9.17, 15) is 15.2 Å². The van der Waals surface area contributed by atoms with Gasteiger partial charge in [-0.05, 0) is 31.7 Å². The summed E-state index contributed by atoms with van der Waals surface area (Å²) in [5.41, 5.74) is 1.22. The Morgan fingerprint density at radius 2 is 2.17 bits per heavy atom. The van der Waals surface area contributed by atoms with Crippen LogP contribution in [0.25, 0.3) is 0 Å². The monoisotopic (exact) mass is 254 g/mol. The summed E-state index contributed by atoms with van der Waals surface area (Å²) in [5.74, 6) is 0. The number of likely N-dealkylation sites (N-methyl/N-ethyl adjacent to an activating group) is 1. The van der Waals surface area contributed by atoms with E-state index in [4.69, 9.17) is 5.11 Å². The number of nitro benzene ring substituents is 1. The van der Waals surface area contributed by atoms with Crippen molar-refractivity contribution in [3.63, 3.8) is 0 Å². The predicted octanol–water partition coefficient (Wildman–Crippen LogP) is 0.861. The Kier molecular flexibility index (Phi) is 5.21. The van der Waals surface area contributed by atoms with Crippen LogP contribution in [0, 0.1) is 17.0 Å². The molecular weight excluding hydrogens is 236 g/mol. The summed E-state index contributed by atoms with van der Waals surface area (Å²) in [6.45, 7) is 2.52. The van der Waals surface area contributed by atoms with E-state index in [0.29, 0.717) is 24.2 Å². The third-order valence-electron chi connectivity index (χ3n) is 2.77. The van der Waals surface area contributed by atoms with Crippen LogP contribution in [0.2, 0.25) is 0 Å². The first kappa shape index (κ1) is 14.6. The molecule has 1 unspecified atom stereocenters. The van der Waals surface area contributed by atoms with Crippen LogP contribution in [0.15, 0.2) is 18.2 Å². The summed E-state index contributed by atoms with van der Waals surface area (Å²) < 4.78 is 0. The van der Waals surface area contributed by atoms with Crippen molar-refractivity contribution in [2.24, 2.45) is 0 Å². The van der Waals surface area contributed by atoms with Gasteiger partial charge < -0.3 is 15.1 Å². The van der Waals surface area contributed by atoms with E-state index in [-0.39, 0.29) is 12.3 Å². The highest BCUT2D eigenvalue weighted by atomic mass is 16.6. The van der Waals surface area contributed by atoms with E-state index in [2.05, 4.69) is 0 Å². The maximum Gasteiger partial charge on any atom is 0.272 e. The lowest BCUT2D eigenvalue weighted by Crippen LogP contribution is -2.27. The van der Waals surface area contributed by atoms with Gasteiger partial charge in [0, 0.05) is 24.7 Å². The molecule has 0 aliphatic rings. The SMILES string of the molecule is Cc1cc(C(O)CN(C)CCO)ccc1[N+](=O)[O-]. The Labute approximate surface area is 106 Å². The Balaban J connectivity index is 2.78. The summed E-state index contributed by atoms with van der Waals surface area (Å²) >= 11 is 0. The lowest BCUT2D eigenvalue weighted by molar-refractivity contribution is -0.385. The van der Waals surface area contributed by atoms with Crippen molar-refractivity contribution in [2.45, 2.75) is 13.0 Å². The number of nitrogens with zero attached hydrogens (tertiary/aromatic N) is 2. The number of aryl methyl sites for hydroxylation is 1. The third-order valence-corrected chi connectivity index (χ3v) is 2.77. The molecule has 6 nitrogen and oxygen atoms in total. The van der Waals surface area contributed by atoms with Crippen molar-refractivity contribution in [3.05, 3.63) is 39.4 Å². The number of hydrogen-bond donors (Lipinski definition) is 2. The maximum atomic E-state index is 10.7. The molecule has 0 saturated heterocycles. The fourth-order valence-electron chi connectivity index (χ4n) is 1.75. The number of benzene rings is 1. The molecule has 0 aromatic heterocycles. The summed E-state index contributed by atoms with van der Waals surface area (Å²) in [6, 6.07) is 4.58. The Hall–Kier alpha value is -1.50. The molecule has 100 valence electrons. The van der Waals surface area contributed by atoms with Crippen molar-refractivity contribution in [2.75, 3.05) is 26.7 Å². The van der Waals surface area contributed by atoms with Gasteiger partial charge in [-0.15, -0.1) is 0 Å². The molecule has 0 spiro atoms. The molecule has 0 radical (unpaired) electrons. The fourth-order valence-corrected chi connectivity index (χ4v) is 1.75. The van der Waals surface area contributed by atoms with Crippen LogP contribution in [0.3, 0.4) is 0 Å². The zero-order chi connectivity index (χ0) is 13.7. The number of hydrogen-bond acceptors (Lipinski definition) is 5. The van der Waals surface area contributed by atoms with Gasteiger partial charge in [0.2, 0.25) is 0 Å². The van der Waals surface area contributed by atoms with Crippen LogP contribution in [0.5, 0.6) is 0 Å². The summed E-state index contributed by atoms with van der Waals surface area (Å²) in [6.07, 6.45) is -0.721. The van der Waals surface area contributed by atoms with Gasteiger partial charge in [0.1, 0.15) is 0 Å². The molecule has 0 heterocycles. The Bertz CT molecular complexity index is 423. The zero-order valence-electron chi connectivity index (χ0n) is 10.5. The van der Waals surface area contributed by atoms with Crippen molar-refractivity contribution < 1.29 is 15.1 Å². The van der Waals surface area contributed by atoms with E-state index >= 15 is 0 Å². The van der Waals surface area contributed by atoms with Crippen molar-refractivity contribution in [3.8, 4) is 0 Å². The van der Waals surface area contributed by atoms with Crippen molar-refractivity contribution in [1.29, 1.82) is 0 Å². The molecule has 1 rings (SSSR count). The Morgan fingerprint density at radius 1 is 1.50 bits per heavy atom.